The molecule has 0 atom stereocenters. The Bertz CT molecular complexity index is 500. The summed E-state index contributed by atoms with van der Waals surface area (Å²) in [5.74, 6) is 0.657. The van der Waals surface area contributed by atoms with Crippen molar-refractivity contribution >= 4 is 15.7 Å². The van der Waals surface area contributed by atoms with Crippen LogP contribution in [-0.4, -0.2) is 34.9 Å². The van der Waals surface area contributed by atoms with Gasteiger partial charge in [-0.1, -0.05) is 32.9 Å². The Kier molecular flexibility index (Phi) is 4.37. The van der Waals surface area contributed by atoms with E-state index in [9.17, 15) is 8.42 Å². The van der Waals surface area contributed by atoms with Crippen molar-refractivity contribution < 1.29 is 8.42 Å². The molecule has 0 amide bonds. The first kappa shape index (κ1) is 14.9. The molecule has 1 aromatic heterocycles. The molecule has 2 N–H and O–H groups in total. The third-order valence-electron chi connectivity index (χ3n) is 2.60. The number of hydrogen-bond acceptors (Lipinski definition) is 5. The molecule has 18 heavy (non-hydrogen) atoms. The van der Waals surface area contributed by atoms with E-state index < -0.39 is 9.84 Å². The average molecular weight is 274 g/mol. The summed E-state index contributed by atoms with van der Waals surface area (Å²) in [6.07, 6.45) is 0.633. The highest BCUT2D eigenvalue weighted by Gasteiger charge is 2.24. The summed E-state index contributed by atoms with van der Waals surface area (Å²) in [5, 5.41) is 7.75. The SMILES string of the molecule is CCCS(=O)(=O)CCn1nnc(N)c1C(C)(C)C. The lowest BCUT2D eigenvalue weighted by Crippen LogP contribution is -2.23. The van der Waals surface area contributed by atoms with Crippen LogP contribution < -0.4 is 5.73 Å². The highest BCUT2D eigenvalue weighted by Crippen LogP contribution is 2.25. The van der Waals surface area contributed by atoms with Gasteiger partial charge >= 0.3 is 0 Å². The highest BCUT2D eigenvalue weighted by atomic mass is 32.2. The second kappa shape index (κ2) is 5.26. The Morgan fingerprint density at radius 2 is 1.89 bits per heavy atom. The molecule has 0 fully saturated rings. The molecule has 0 bridgehead atoms. The molecular weight excluding hydrogens is 252 g/mol. The Hall–Kier alpha value is -1.11. The van der Waals surface area contributed by atoms with Crippen molar-refractivity contribution in [1.29, 1.82) is 0 Å². The largest absolute Gasteiger partial charge is 0.381 e. The molecule has 0 aromatic carbocycles. The van der Waals surface area contributed by atoms with E-state index in [-0.39, 0.29) is 16.9 Å². The molecular formula is C11H22N4O2S. The first-order chi connectivity index (χ1) is 8.17. The van der Waals surface area contributed by atoms with Gasteiger partial charge in [0, 0.05) is 11.2 Å². The van der Waals surface area contributed by atoms with Gasteiger partial charge in [-0.15, -0.1) is 5.10 Å². The first-order valence-electron chi connectivity index (χ1n) is 6.07. The fraction of sp³-hybridized carbons (Fsp3) is 0.818. The van der Waals surface area contributed by atoms with Gasteiger partial charge in [-0.05, 0) is 6.42 Å². The van der Waals surface area contributed by atoms with E-state index in [1.807, 2.05) is 27.7 Å². The van der Waals surface area contributed by atoms with Crippen molar-refractivity contribution in [1.82, 2.24) is 15.0 Å². The molecule has 1 heterocycles. The van der Waals surface area contributed by atoms with Gasteiger partial charge in [-0.25, -0.2) is 13.1 Å². The van der Waals surface area contributed by atoms with E-state index in [1.54, 1.807) is 4.68 Å². The molecule has 0 aliphatic rings. The average Bonchev–Trinajstić information content (AvgIpc) is 2.56. The zero-order valence-corrected chi connectivity index (χ0v) is 12.3. The zero-order chi connectivity index (χ0) is 14.0. The minimum atomic E-state index is -3.01. The van der Waals surface area contributed by atoms with Crippen LogP contribution in [0.2, 0.25) is 0 Å². The van der Waals surface area contributed by atoms with Crippen LogP contribution in [0.5, 0.6) is 0 Å². The summed E-state index contributed by atoms with van der Waals surface area (Å²) in [4.78, 5) is 0. The maximum Gasteiger partial charge on any atom is 0.169 e. The molecule has 0 aliphatic heterocycles. The number of aromatic nitrogens is 3. The predicted octanol–water partition coefficient (Wildman–Crippen LogP) is 0.983. The standard InChI is InChI=1S/C11H22N4O2S/c1-5-7-18(16,17)8-6-15-9(11(2,3)4)10(12)13-14-15/h5-8,12H2,1-4H3. The molecule has 7 heteroatoms. The van der Waals surface area contributed by atoms with Crippen LogP contribution >= 0.6 is 0 Å². The number of nitrogen functional groups attached to an aromatic ring is 1. The van der Waals surface area contributed by atoms with Crippen molar-refractivity contribution in [2.24, 2.45) is 0 Å². The number of nitrogens with two attached hydrogens (primary N) is 1. The van der Waals surface area contributed by atoms with Crippen LogP contribution in [0, 0.1) is 0 Å². The van der Waals surface area contributed by atoms with Crippen LogP contribution in [0.25, 0.3) is 0 Å². The third kappa shape index (κ3) is 3.69. The maximum absolute atomic E-state index is 11.7. The van der Waals surface area contributed by atoms with Crippen LogP contribution in [0.15, 0.2) is 0 Å². The molecule has 0 spiro atoms. The van der Waals surface area contributed by atoms with Gasteiger partial charge in [-0.2, -0.15) is 0 Å². The topological polar surface area (TPSA) is 90.9 Å². The molecule has 104 valence electrons. The predicted molar refractivity (Wildman–Crippen MR) is 72.1 cm³/mol. The smallest absolute Gasteiger partial charge is 0.169 e. The molecule has 0 aliphatic carbocycles. The van der Waals surface area contributed by atoms with Gasteiger partial charge in [0.25, 0.3) is 0 Å². The highest BCUT2D eigenvalue weighted by molar-refractivity contribution is 7.91. The second-order valence-electron chi connectivity index (χ2n) is 5.45. The lowest BCUT2D eigenvalue weighted by molar-refractivity contribution is 0.491. The normalized spacial score (nSPS) is 12.9. The van der Waals surface area contributed by atoms with Crippen LogP contribution in [0.4, 0.5) is 5.82 Å². The Labute approximate surface area is 108 Å². The quantitative estimate of drug-likeness (QED) is 0.864. The second-order valence-corrected chi connectivity index (χ2v) is 7.75. The molecule has 1 aromatic rings. The number of anilines is 1. The fourth-order valence-electron chi connectivity index (χ4n) is 1.89. The summed E-state index contributed by atoms with van der Waals surface area (Å²) in [6.45, 7) is 8.15. The van der Waals surface area contributed by atoms with Crippen molar-refractivity contribution in [2.45, 2.75) is 46.1 Å². The van der Waals surface area contributed by atoms with Gasteiger partial charge in [-0.3, -0.25) is 0 Å². The number of sulfone groups is 1. The van der Waals surface area contributed by atoms with Crippen molar-refractivity contribution in [3.63, 3.8) is 0 Å². The maximum atomic E-state index is 11.7. The lowest BCUT2D eigenvalue weighted by Gasteiger charge is -2.20. The Balaban J connectivity index is 2.88. The summed E-state index contributed by atoms with van der Waals surface area (Å²) in [5.41, 5.74) is 6.36. The lowest BCUT2D eigenvalue weighted by atomic mass is 9.92. The van der Waals surface area contributed by atoms with Crippen LogP contribution in [0.3, 0.4) is 0 Å². The molecule has 6 nitrogen and oxygen atoms in total. The number of rotatable bonds is 5. The van der Waals surface area contributed by atoms with E-state index in [1.165, 1.54) is 0 Å². The monoisotopic (exact) mass is 274 g/mol. The number of nitrogens with zero attached hydrogens (tertiary/aromatic N) is 3. The van der Waals surface area contributed by atoms with Crippen LogP contribution in [0.1, 0.15) is 39.8 Å². The Morgan fingerprint density at radius 1 is 1.28 bits per heavy atom. The summed E-state index contributed by atoms with van der Waals surface area (Å²) in [6, 6.07) is 0. The van der Waals surface area contributed by atoms with Gasteiger partial charge in [0.2, 0.25) is 0 Å². The van der Waals surface area contributed by atoms with E-state index in [0.717, 1.165) is 5.69 Å². The van der Waals surface area contributed by atoms with Gasteiger partial charge in [0.15, 0.2) is 15.7 Å². The van der Waals surface area contributed by atoms with Gasteiger partial charge in [0.05, 0.1) is 18.0 Å². The number of hydrogen-bond donors (Lipinski definition) is 1. The first-order valence-corrected chi connectivity index (χ1v) is 7.89. The fourth-order valence-corrected chi connectivity index (χ4v) is 3.17. The number of aryl methyl sites for hydroxylation is 1. The van der Waals surface area contributed by atoms with E-state index >= 15 is 0 Å². The van der Waals surface area contributed by atoms with Gasteiger partial charge < -0.3 is 5.73 Å². The minimum absolute atomic E-state index is 0.0761. The summed E-state index contributed by atoms with van der Waals surface area (Å²) >= 11 is 0. The molecule has 0 radical (unpaired) electrons. The molecule has 0 saturated heterocycles. The van der Waals surface area contributed by atoms with Crippen molar-refractivity contribution in [2.75, 3.05) is 17.2 Å². The van der Waals surface area contributed by atoms with Crippen molar-refractivity contribution in [3.8, 4) is 0 Å². The summed E-state index contributed by atoms with van der Waals surface area (Å²) in [7, 11) is -3.01. The van der Waals surface area contributed by atoms with Gasteiger partial charge in [0.1, 0.15) is 0 Å². The summed E-state index contributed by atoms with van der Waals surface area (Å²) < 4.78 is 25.0. The van der Waals surface area contributed by atoms with E-state index in [4.69, 9.17) is 5.73 Å². The molecule has 0 unspecified atom stereocenters. The molecule has 0 saturated carbocycles. The van der Waals surface area contributed by atoms with Crippen molar-refractivity contribution in [3.05, 3.63) is 5.69 Å². The Morgan fingerprint density at radius 3 is 2.39 bits per heavy atom. The minimum Gasteiger partial charge on any atom is -0.381 e. The third-order valence-corrected chi connectivity index (χ3v) is 4.44. The molecule has 1 rings (SSSR count). The van der Waals surface area contributed by atoms with E-state index in [0.29, 0.717) is 18.8 Å². The van der Waals surface area contributed by atoms with Crippen LogP contribution in [-0.2, 0) is 21.8 Å². The van der Waals surface area contributed by atoms with E-state index in [2.05, 4.69) is 10.3 Å². The zero-order valence-electron chi connectivity index (χ0n) is 11.5.